The maximum absolute atomic E-state index is 13.2. The standard InChI is InChI=1S/C21H19BrO7/c1-4-29-21(26)13(23)9-12-16(22)20(28-3)15-14(19(12)27-2)17(24)10-7-5-6-8-11(10)18(15)25/h5-8,13,23H,4,9H2,1-3H3. The van der Waals surface area contributed by atoms with Gasteiger partial charge in [0.05, 0.1) is 36.4 Å². The average molecular weight is 463 g/mol. The minimum atomic E-state index is -1.48. The summed E-state index contributed by atoms with van der Waals surface area (Å²) in [6, 6.07) is 6.50. The Morgan fingerprint density at radius 2 is 1.55 bits per heavy atom. The summed E-state index contributed by atoms with van der Waals surface area (Å²) in [5.41, 5.74) is 0.974. The second kappa shape index (κ2) is 8.34. The SMILES string of the molecule is CCOC(=O)C(O)Cc1c(Br)c(OC)c2c(c1OC)C(=O)c1ccccc1C2=O. The Bertz CT molecular complexity index is 1010. The lowest BCUT2D eigenvalue weighted by Gasteiger charge is -2.25. The van der Waals surface area contributed by atoms with Crippen LogP contribution in [0.1, 0.15) is 44.3 Å². The molecular formula is C21H19BrO7. The maximum Gasteiger partial charge on any atom is 0.335 e. The molecule has 1 aliphatic rings. The van der Waals surface area contributed by atoms with Gasteiger partial charge in [0.1, 0.15) is 11.5 Å². The van der Waals surface area contributed by atoms with Gasteiger partial charge < -0.3 is 19.3 Å². The summed E-state index contributed by atoms with van der Waals surface area (Å²) < 4.78 is 16.1. The molecule has 0 spiro atoms. The monoisotopic (exact) mass is 462 g/mol. The van der Waals surface area contributed by atoms with E-state index in [-0.39, 0.29) is 52.6 Å². The average Bonchev–Trinajstić information content (AvgIpc) is 2.72. The Kier molecular flexibility index (Phi) is 6.04. The summed E-state index contributed by atoms with van der Waals surface area (Å²) in [6.45, 7) is 1.75. The number of ether oxygens (including phenoxy) is 3. The van der Waals surface area contributed by atoms with Gasteiger partial charge >= 0.3 is 5.97 Å². The van der Waals surface area contributed by atoms with E-state index < -0.39 is 17.9 Å². The summed E-state index contributed by atoms with van der Waals surface area (Å²) >= 11 is 3.38. The molecule has 3 rings (SSSR count). The number of halogens is 1. The highest BCUT2D eigenvalue weighted by Gasteiger charge is 2.38. The molecule has 0 aromatic heterocycles. The van der Waals surface area contributed by atoms with E-state index in [1.54, 1.807) is 31.2 Å². The topological polar surface area (TPSA) is 99.1 Å². The second-order valence-corrected chi connectivity index (χ2v) is 7.08. The van der Waals surface area contributed by atoms with E-state index in [0.717, 1.165) is 0 Å². The molecule has 1 atom stereocenters. The molecule has 0 radical (unpaired) electrons. The van der Waals surface area contributed by atoms with E-state index in [1.165, 1.54) is 14.2 Å². The summed E-state index contributed by atoms with van der Waals surface area (Å²) in [7, 11) is 2.73. The molecule has 7 nitrogen and oxygen atoms in total. The van der Waals surface area contributed by atoms with Crippen molar-refractivity contribution in [3.63, 3.8) is 0 Å². The van der Waals surface area contributed by atoms with E-state index in [4.69, 9.17) is 14.2 Å². The van der Waals surface area contributed by atoms with Crippen LogP contribution in [0, 0.1) is 0 Å². The van der Waals surface area contributed by atoms with Gasteiger partial charge in [0.15, 0.2) is 17.7 Å². The summed E-state index contributed by atoms with van der Waals surface area (Å²) in [5, 5.41) is 10.2. The van der Waals surface area contributed by atoms with E-state index in [9.17, 15) is 19.5 Å². The van der Waals surface area contributed by atoms with Crippen LogP contribution >= 0.6 is 15.9 Å². The summed E-state index contributed by atoms with van der Waals surface area (Å²) in [6.07, 6.45) is -1.68. The summed E-state index contributed by atoms with van der Waals surface area (Å²) in [4.78, 5) is 38.3. The van der Waals surface area contributed by atoms with Crippen LogP contribution in [-0.4, -0.2) is 49.6 Å². The predicted molar refractivity (Wildman–Crippen MR) is 107 cm³/mol. The highest BCUT2D eigenvalue weighted by Crippen LogP contribution is 2.46. The van der Waals surface area contributed by atoms with Crippen molar-refractivity contribution in [2.75, 3.05) is 20.8 Å². The molecule has 0 bridgehead atoms. The van der Waals surface area contributed by atoms with Crippen LogP contribution in [0.5, 0.6) is 11.5 Å². The molecule has 152 valence electrons. The van der Waals surface area contributed by atoms with Crippen LogP contribution in [0.2, 0.25) is 0 Å². The zero-order chi connectivity index (χ0) is 21.3. The lowest BCUT2D eigenvalue weighted by Crippen LogP contribution is -2.27. The Balaban J connectivity index is 2.25. The Morgan fingerprint density at radius 3 is 2.03 bits per heavy atom. The lowest BCUT2D eigenvalue weighted by molar-refractivity contribution is -0.152. The maximum atomic E-state index is 13.2. The lowest BCUT2D eigenvalue weighted by atomic mass is 9.81. The predicted octanol–water partition coefficient (Wildman–Crippen LogP) is 2.71. The van der Waals surface area contributed by atoms with Crippen LogP contribution in [0.25, 0.3) is 0 Å². The molecule has 8 heteroatoms. The number of aliphatic hydroxyl groups excluding tert-OH is 1. The molecule has 1 N–H and O–H groups in total. The quantitative estimate of drug-likeness (QED) is 0.562. The van der Waals surface area contributed by atoms with Crippen LogP contribution in [0.15, 0.2) is 28.7 Å². The second-order valence-electron chi connectivity index (χ2n) is 6.28. The number of methoxy groups -OCH3 is 2. The van der Waals surface area contributed by atoms with E-state index in [1.807, 2.05) is 0 Å². The van der Waals surface area contributed by atoms with Gasteiger partial charge in [0.25, 0.3) is 0 Å². The van der Waals surface area contributed by atoms with E-state index in [0.29, 0.717) is 10.0 Å². The minimum Gasteiger partial charge on any atom is -0.496 e. The minimum absolute atomic E-state index is 0.0438. The normalized spacial score (nSPS) is 13.4. The molecule has 1 aliphatic carbocycles. The number of esters is 1. The van der Waals surface area contributed by atoms with E-state index in [2.05, 4.69) is 15.9 Å². The van der Waals surface area contributed by atoms with Crippen molar-refractivity contribution in [1.29, 1.82) is 0 Å². The largest absolute Gasteiger partial charge is 0.496 e. The fraction of sp³-hybridized carbons (Fsp3) is 0.286. The first-order valence-electron chi connectivity index (χ1n) is 8.86. The highest BCUT2D eigenvalue weighted by atomic mass is 79.9. The molecule has 2 aromatic rings. The smallest absolute Gasteiger partial charge is 0.335 e. The number of hydrogen-bond donors (Lipinski definition) is 1. The van der Waals surface area contributed by atoms with Crippen molar-refractivity contribution in [3.8, 4) is 11.5 Å². The molecule has 0 heterocycles. The van der Waals surface area contributed by atoms with Crippen LogP contribution in [0.4, 0.5) is 0 Å². The third kappa shape index (κ3) is 3.42. The fourth-order valence-electron chi connectivity index (χ4n) is 3.42. The zero-order valence-corrected chi connectivity index (χ0v) is 17.7. The number of rotatable bonds is 6. The number of carbonyl (C=O) groups excluding carboxylic acids is 3. The van der Waals surface area contributed by atoms with Gasteiger partial charge in [0.2, 0.25) is 0 Å². The summed E-state index contributed by atoms with van der Waals surface area (Å²) in [5.74, 6) is -1.33. The third-order valence-corrected chi connectivity index (χ3v) is 5.52. The van der Waals surface area contributed by atoms with Crippen molar-refractivity contribution >= 4 is 33.5 Å². The molecule has 0 amide bonds. The fourth-order valence-corrected chi connectivity index (χ4v) is 4.12. The number of hydrogen-bond acceptors (Lipinski definition) is 7. The van der Waals surface area contributed by atoms with Crippen LogP contribution < -0.4 is 9.47 Å². The first-order valence-corrected chi connectivity index (χ1v) is 9.66. The van der Waals surface area contributed by atoms with Gasteiger partial charge in [-0.25, -0.2) is 4.79 Å². The van der Waals surface area contributed by atoms with Gasteiger partial charge in [-0.2, -0.15) is 0 Å². The number of fused-ring (bicyclic) bond motifs is 2. The molecule has 1 unspecified atom stereocenters. The molecule has 0 saturated carbocycles. The molecule has 2 aromatic carbocycles. The van der Waals surface area contributed by atoms with Gasteiger partial charge in [0, 0.05) is 23.1 Å². The zero-order valence-electron chi connectivity index (χ0n) is 16.1. The van der Waals surface area contributed by atoms with Crippen LogP contribution in [-0.2, 0) is 16.0 Å². The van der Waals surface area contributed by atoms with Gasteiger partial charge in [-0.3, -0.25) is 9.59 Å². The molecule has 0 aliphatic heterocycles. The Labute approximate surface area is 175 Å². The molecule has 0 saturated heterocycles. The first kappa shape index (κ1) is 21.0. The van der Waals surface area contributed by atoms with Gasteiger partial charge in [-0.1, -0.05) is 24.3 Å². The Morgan fingerprint density at radius 1 is 1.03 bits per heavy atom. The molecular weight excluding hydrogens is 444 g/mol. The number of carbonyl (C=O) groups is 3. The third-order valence-electron chi connectivity index (χ3n) is 4.68. The van der Waals surface area contributed by atoms with Gasteiger partial charge in [-0.05, 0) is 22.9 Å². The van der Waals surface area contributed by atoms with Gasteiger partial charge in [-0.15, -0.1) is 0 Å². The highest BCUT2D eigenvalue weighted by molar-refractivity contribution is 9.10. The number of aliphatic hydroxyl groups is 1. The Hall–Kier alpha value is -2.71. The van der Waals surface area contributed by atoms with E-state index >= 15 is 0 Å². The molecule has 29 heavy (non-hydrogen) atoms. The molecule has 0 fully saturated rings. The number of benzene rings is 2. The van der Waals surface area contributed by atoms with Crippen molar-refractivity contribution in [2.45, 2.75) is 19.4 Å². The van der Waals surface area contributed by atoms with Crippen LogP contribution in [0.3, 0.4) is 0 Å². The van der Waals surface area contributed by atoms with Crippen molar-refractivity contribution < 1.29 is 33.7 Å². The van der Waals surface area contributed by atoms with Crippen molar-refractivity contribution in [1.82, 2.24) is 0 Å². The van der Waals surface area contributed by atoms with Crippen molar-refractivity contribution in [3.05, 3.63) is 56.6 Å². The first-order chi connectivity index (χ1) is 13.9. The van der Waals surface area contributed by atoms with Crippen molar-refractivity contribution in [2.24, 2.45) is 0 Å². The number of ketones is 2.